The topological polar surface area (TPSA) is 20.2 Å². The third kappa shape index (κ3) is 34.9. The highest BCUT2D eigenvalue weighted by atomic mass is 79.9. The van der Waals surface area contributed by atoms with Crippen LogP contribution >= 0.6 is 0 Å². The van der Waals surface area contributed by atoms with Gasteiger partial charge in [0.05, 0.1) is 27.2 Å². The summed E-state index contributed by atoms with van der Waals surface area (Å²) in [5.74, 6) is 0.843. The van der Waals surface area contributed by atoms with Crippen molar-refractivity contribution in [1.82, 2.24) is 0 Å². The van der Waals surface area contributed by atoms with Crippen molar-refractivity contribution in [2.24, 2.45) is 5.92 Å². The molecule has 0 amide bonds. The van der Waals surface area contributed by atoms with Gasteiger partial charge in [-0.1, -0.05) is 200 Å². The maximum absolute atomic E-state index is 9.52. The van der Waals surface area contributed by atoms with Crippen LogP contribution in [0.5, 0.6) is 0 Å². The quantitative estimate of drug-likeness (QED) is 0.0530. The van der Waals surface area contributed by atoms with Gasteiger partial charge in [-0.3, -0.25) is 0 Å². The second-order valence-electron chi connectivity index (χ2n) is 14.6. The highest BCUT2D eigenvalue weighted by molar-refractivity contribution is 4.61. The molecule has 0 radical (unpaired) electrons. The van der Waals surface area contributed by atoms with Crippen molar-refractivity contribution in [1.29, 1.82) is 0 Å². The van der Waals surface area contributed by atoms with Gasteiger partial charge in [0.15, 0.2) is 0 Å². The standard InChI is InChI=1S/C39H82NO.BrH/c1-5-7-9-11-13-15-17-19-21-23-25-27-29-31-33-35-39(38-40(3,4)36-37-41)34-32-30-28-26-24-22-20-18-16-14-12-10-8-6-2;/h39,41H,5-38H2,1-4H3;1H/q+1;/p-1. The summed E-state index contributed by atoms with van der Waals surface area (Å²) in [4.78, 5) is 0. The molecule has 0 heterocycles. The highest BCUT2D eigenvalue weighted by Crippen LogP contribution is 2.22. The monoisotopic (exact) mass is 660 g/mol. The minimum absolute atomic E-state index is 0. The van der Waals surface area contributed by atoms with E-state index >= 15 is 0 Å². The van der Waals surface area contributed by atoms with Crippen molar-refractivity contribution in [2.45, 2.75) is 213 Å². The third-order valence-electron chi connectivity index (χ3n) is 9.64. The second kappa shape index (κ2) is 35.9. The summed E-state index contributed by atoms with van der Waals surface area (Å²) in [6.45, 7) is 7.07. The average molecular weight is 661 g/mol. The lowest BCUT2D eigenvalue weighted by Crippen LogP contribution is -3.00. The van der Waals surface area contributed by atoms with Crippen molar-refractivity contribution in [3.63, 3.8) is 0 Å². The predicted molar refractivity (Wildman–Crippen MR) is 187 cm³/mol. The number of aliphatic hydroxyl groups excluding tert-OH is 1. The molecule has 3 heteroatoms. The number of hydrogen-bond donors (Lipinski definition) is 1. The molecule has 0 rings (SSSR count). The molecule has 256 valence electrons. The number of unbranched alkanes of at least 4 members (excludes halogenated alkanes) is 27. The third-order valence-corrected chi connectivity index (χ3v) is 9.64. The minimum Gasteiger partial charge on any atom is -1.00 e. The summed E-state index contributed by atoms with van der Waals surface area (Å²) in [6.07, 6.45) is 44.8. The number of likely N-dealkylation sites (N-methyl/N-ethyl adjacent to an activating group) is 1. The Hall–Kier alpha value is 0.400. The van der Waals surface area contributed by atoms with E-state index in [1.807, 2.05) is 0 Å². The number of nitrogens with zero attached hydrogens (tertiary/aromatic N) is 1. The zero-order valence-corrected chi connectivity index (χ0v) is 31.5. The maximum atomic E-state index is 9.52. The van der Waals surface area contributed by atoms with Gasteiger partial charge in [-0.25, -0.2) is 0 Å². The van der Waals surface area contributed by atoms with Gasteiger partial charge < -0.3 is 26.6 Å². The Kier molecular flexibility index (Phi) is 38.0. The molecule has 0 aliphatic carbocycles. The summed E-state index contributed by atoms with van der Waals surface area (Å²) < 4.78 is 0.985. The van der Waals surface area contributed by atoms with E-state index in [4.69, 9.17) is 0 Å². The van der Waals surface area contributed by atoms with Crippen molar-refractivity contribution >= 4 is 0 Å². The fourth-order valence-corrected chi connectivity index (χ4v) is 6.82. The molecule has 1 atom stereocenters. The number of rotatable bonds is 35. The van der Waals surface area contributed by atoms with E-state index in [1.54, 1.807) is 0 Å². The lowest BCUT2D eigenvalue weighted by Gasteiger charge is -2.33. The number of halogens is 1. The van der Waals surface area contributed by atoms with Gasteiger partial charge in [0.1, 0.15) is 6.54 Å². The summed E-state index contributed by atoms with van der Waals surface area (Å²) in [5, 5.41) is 9.52. The van der Waals surface area contributed by atoms with Crippen LogP contribution in [0.1, 0.15) is 213 Å². The van der Waals surface area contributed by atoms with E-state index in [0.717, 1.165) is 16.9 Å². The summed E-state index contributed by atoms with van der Waals surface area (Å²) in [7, 11) is 4.64. The first-order valence-electron chi connectivity index (χ1n) is 19.5. The van der Waals surface area contributed by atoms with E-state index in [2.05, 4.69) is 27.9 Å². The van der Waals surface area contributed by atoms with Gasteiger partial charge in [0.2, 0.25) is 0 Å². The Balaban J connectivity index is 0. The first-order valence-corrected chi connectivity index (χ1v) is 19.5. The number of quaternary nitrogens is 1. The van der Waals surface area contributed by atoms with Crippen LogP contribution < -0.4 is 17.0 Å². The summed E-state index contributed by atoms with van der Waals surface area (Å²) in [5.41, 5.74) is 0. The smallest absolute Gasteiger partial charge is 0.102 e. The molecule has 0 aromatic carbocycles. The molecule has 2 nitrogen and oxygen atoms in total. The van der Waals surface area contributed by atoms with Gasteiger partial charge in [-0.05, 0) is 12.8 Å². The summed E-state index contributed by atoms with van der Waals surface area (Å²) >= 11 is 0. The van der Waals surface area contributed by atoms with Crippen molar-refractivity contribution < 1.29 is 26.6 Å². The molecular formula is C39H82BrNO. The minimum atomic E-state index is 0. The SMILES string of the molecule is CCCCCCCCCCCCCCCCCC(CCCCCCCCCCCCCCCC)C[N+](C)(C)CCO.[Br-]. The largest absolute Gasteiger partial charge is 1.00 e. The van der Waals surface area contributed by atoms with Crippen LogP contribution in [0.2, 0.25) is 0 Å². The van der Waals surface area contributed by atoms with Crippen LogP contribution in [0, 0.1) is 5.92 Å². The normalized spacial score (nSPS) is 12.5. The second-order valence-corrected chi connectivity index (χ2v) is 14.6. The van der Waals surface area contributed by atoms with Crippen molar-refractivity contribution in [3.8, 4) is 0 Å². The molecule has 0 aliphatic heterocycles. The fraction of sp³-hybridized carbons (Fsp3) is 1.00. The van der Waals surface area contributed by atoms with Crippen LogP contribution in [0.4, 0.5) is 0 Å². The molecule has 0 saturated heterocycles. The molecule has 42 heavy (non-hydrogen) atoms. The number of aliphatic hydroxyl groups is 1. The van der Waals surface area contributed by atoms with Gasteiger partial charge in [-0.2, -0.15) is 0 Å². The van der Waals surface area contributed by atoms with Gasteiger partial charge >= 0.3 is 0 Å². The molecular weight excluding hydrogens is 578 g/mol. The summed E-state index contributed by atoms with van der Waals surface area (Å²) in [6, 6.07) is 0. The van der Waals surface area contributed by atoms with Crippen LogP contribution in [0.3, 0.4) is 0 Å². The van der Waals surface area contributed by atoms with Crippen molar-refractivity contribution in [3.05, 3.63) is 0 Å². The zero-order valence-electron chi connectivity index (χ0n) is 29.9. The van der Waals surface area contributed by atoms with Crippen LogP contribution in [-0.4, -0.2) is 43.4 Å². The molecule has 0 fully saturated rings. The van der Waals surface area contributed by atoms with E-state index in [1.165, 1.54) is 206 Å². The van der Waals surface area contributed by atoms with E-state index in [0.29, 0.717) is 6.61 Å². The molecule has 1 N–H and O–H groups in total. The van der Waals surface area contributed by atoms with E-state index in [9.17, 15) is 5.11 Å². The Morgan fingerprint density at radius 2 is 0.643 bits per heavy atom. The van der Waals surface area contributed by atoms with Crippen molar-refractivity contribution in [2.75, 3.05) is 33.8 Å². The average Bonchev–Trinajstić information content (AvgIpc) is 2.94. The first-order chi connectivity index (χ1) is 20.1. The fourth-order valence-electron chi connectivity index (χ4n) is 6.82. The molecule has 0 bridgehead atoms. The maximum Gasteiger partial charge on any atom is 0.102 e. The van der Waals surface area contributed by atoms with Crippen LogP contribution in [0.15, 0.2) is 0 Å². The molecule has 0 saturated carbocycles. The molecule has 0 spiro atoms. The molecule has 0 aromatic heterocycles. The Labute approximate surface area is 278 Å². The Morgan fingerprint density at radius 3 is 0.881 bits per heavy atom. The number of hydrogen-bond acceptors (Lipinski definition) is 1. The van der Waals surface area contributed by atoms with Crippen LogP contribution in [0.25, 0.3) is 0 Å². The molecule has 1 unspecified atom stereocenters. The lowest BCUT2D eigenvalue weighted by atomic mass is 9.93. The lowest BCUT2D eigenvalue weighted by molar-refractivity contribution is -0.894. The van der Waals surface area contributed by atoms with Gasteiger partial charge in [0.25, 0.3) is 0 Å². The first kappa shape index (κ1) is 44.5. The van der Waals surface area contributed by atoms with Gasteiger partial charge in [0, 0.05) is 5.92 Å². The molecule has 0 aromatic rings. The van der Waals surface area contributed by atoms with E-state index in [-0.39, 0.29) is 17.0 Å². The predicted octanol–water partition coefficient (Wildman–Crippen LogP) is 9.81. The van der Waals surface area contributed by atoms with Crippen LogP contribution in [-0.2, 0) is 0 Å². The van der Waals surface area contributed by atoms with E-state index < -0.39 is 0 Å². The molecule has 0 aliphatic rings. The zero-order chi connectivity index (χ0) is 30.1. The Bertz CT molecular complexity index is 483. The van der Waals surface area contributed by atoms with Gasteiger partial charge in [-0.15, -0.1) is 0 Å². The Morgan fingerprint density at radius 1 is 0.405 bits per heavy atom. The highest BCUT2D eigenvalue weighted by Gasteiger charge is 2.21.